The number of hydrogen-bond donors (Lipinski definition) is 2. The topological polar surface area (TPSA) is 57.5 Å². The monoisotopic (exact) mass is 426 g/mol. The van der Waals surface area contributed by atoms with E-state index in [2.05, 4.69) is 31.9 Å². The molecular weight excluding hydrogens is 422 g/mol. The molecule has 1 unspecified atom stereocenters. The molecule has 0 saturated carbocycles. The number of hydrogen-bond acceptors (Lipinski definition) is 3. The van der Waals surface area contributed by atoms with Crippen molar-refractivity contribution in [2.75, 3.05) is 0 Å². The third-order valence-corrected chi connectivity index (χ3v) is 4.98. The zero-order valence-corrected chi connectivity index (χ0v) is 13.5. The number of thiophene rings is 1. The van der Waals surface area contributed by atoms with Crippen LogP contribution in [0.4, 0.5) is 8.78 Å². The fourth-order valence-corrected chi connectivity index (χ4v) is 4.56. The van der Waals surface area contributed by atoms with E-state index >= 15 is 0 Å². The molecule has 0 aliphatic heterocycles. The van der Waals surface area contributed by atoms with Crippen LogP contribution in [0.2, 0.25) is 0 Å². The highest BCUT2D eigenvalue weighted by Crippen LogP contribution is 2.38. The summed E-state index contributed by atoms with van der Waals surface area (Å²) in [6.45, 7) is 0. The van der Waals surface area contributed by atoms with Gasteiger partial charge in [-0.3, -0.25) is 0 Å². The van der Waals surface area contributed by atoms with Crippen LogP contribution >= 0.6 is 43.2 Å². The fraction of sp³-hybridized carbons (Fsp3) is 0.0833. The summed E-state index contributed by atoms with van der Waals surface area (Å²) in [7, 11) is 0. The van der Waals surface area contributed by atoms with Gasteiger partial charge in [-0.25, -0.2) is 13.6 Å². The van der Waals surface area contributed by atoms with E-state index in [-0.39, 0.29) is 5.56 Å². The minimum absolute atomic E-state index is 0.206. The maximum Gasteiger partial charge on any atom is 0.336 e. The highest BCUT2D eigenvalue weighted by atomic mass is 79.9. The van der Waals surface area contributed by atoms with Crippen LogP contribution in [0.5, 0.6) is 0 Å². The first-order chi connectivity index (χ1) is 9.31. The van der Waals surface area contributed by atoms with Gasteiger partial charge in [0.25, 0.3) is 0 Å². The predicted octanol–water partition coefficient (Wildman–Crippen LogP) is 4.33. The van der Waals surface area contributed by atoms with Crippen LogP contribution in [0, 0.1) is 11.6 Å². The summed E-state index contributed by atoms with van der Waals surface area (Å²) in [4.78, 5) is 11.1. The summed E-state index contributed by atoms with van der Waals surface area (Å²) in [5.41, 5.74) is -0.316. The average Bonchev–Trinajstić information content (AvgIpc) is 2.70. The largest absolute Gasteiger partial charge is 0.478 e. The molecule has 0 spiro atoms. The van der Waals surface area contributed by atoms with Crippen molar-refractivity contribution < 1.29 is 23.8 Å². The summed E-state index contributed by atoms with van der Waals surface area (Å²) < 4.78 is 27.7. The Morgan fingerprint density at radius 3 is 2.25 bits per heavy atom. The fourth-order valence-electron chi connectivity index (χ4n) is 1.68. The number of aromatic carboxylic acids is 1. The highest BCUT2D eigenvalue weighted by Gasteiger charge is 2.24. The van der Waals surface area contributed by atoms with Crippen molar-refractivity contribution in [1.82, 2.24) is 0 Å². The van der Waals surface area contributed by atoms with Crippen molar-refractivity contribution in [3.05, 3.63) is 54.1 Å². The van der Waals surface area contributed by atoms with Crippen molar-refractivity contribution in [2.24, 2.45) is 0 Å². The SMILES string of the molecule is O=C(O)c1cc(F)c(F)cc1C(O)c1cc(Br)sc1Br. The Kier molecular flexibility index (Phi) is 4.58. The number of aliphatic hydroxyl groups is 1. The molecule has 0 fully saturated rings. The van der Waals surface area contributed by atoms with Gasteiger partial charge in [-0.05, 0) is 50.1 Å². The van der Waals surface area contributed by atoms with Gasteiger partial charge in [0.1, 0.15) is 6.10 Å². The average molecular weight is 428 g/mol. The zero-order valence-electron chi connectivity index (χ0n) is 9.53. The molecule has 0 saturated heterocycles. The van der Waals surface area contributed by atoms with Gasteiger partial charge < -0.3 is 10.2 Å². The number of benzene rings is 1. The highest BCUT2D eigenvalue weighted by molar-refractivity contribution is 9.12. The molecule has 0 amide bonds. The third kappa shape index (κ3) is 2.93. The summed E-state index contributed by atoms with van der Waals surface area (Å²) in [5.74, 6) is -3.93. The van der Waals surface area contributed by atoms with Crippen molar-refractivity contribution >= 4 is 49.2 Å². The molecule has 106 valence electrons. The van der Waals surface area contributed by atoms with Crippen LogP contribution in [0.15, 0.2) is 25.8 Å². The van der Waals surface area contributed by atoms with Crippen molar-refractivity contribution in [3.63, 3.8) is 0 Å². The Morgan fingerprint density at radius 1 is 1.15 bits per heavy atom. The molecule has 0 aliphatic rings. The van der Waals surface area contributed by atoms with Gasteiger partial charge in [0.15, 0.2) is 11.6 Å². The van der Waals surface area contributed by atoms with Crippen molar-refractivity contribution in [1.29, 1.82) is 0 Å². The van der Waals surface area contributed by atoms with Crippen LogP contribution in [-0.2, 0) is 0 Å². The van der Waals surface area contributed by atoms with Gasteiger partial charge in [-0.1, -0.05) is 0 Å². The van der Waals surface area contributed by atoms with Crippen LogP contribution in [-0.4, -0.2) is 16.2 Å². The van der Waals surface area contributed by atoms with Crippen LogP contribution < -0.4 is 0 Å². The lowest BCUT2D eigenvalue weighted by Gasteiger charge is -2.13. The molecule has 20 heavy (non-hydrogen) atoms. The van der Waals surface area contributed by atoms with Gasteiger partial charge in [0, 0.05) is 11.1 Å². The van der Waals surface area contributed by atoms with Crippen LogP contribution in [0.3, 0.4) is 0 Å². The molecule has 0 bridgehead atoms. The lowest BCUT2D eigenvalue weighted by Crippen LogP contribution is -2.10. The summed E-state index contributed by atoms with van der Waals surface area (Å²) >= 11 is 7.72. The molecule has 8 heteroatoms. The molecule has 0 aliphatic carbocycles. The molecule has 0 radical (unpaired) electrons. The normalized spacial score (nSPS) is 12.4. The molecule has 3 nitrogen and oxygen atoms in total. The van der Waals surface area contributed by atoms with Crippen molar-refractivity contribution in [3.8, 4) is 0 Å². The van der Waals surface area contributed by atoms with Crippen LogP contribution in [0.1, 0.15) is 27.6 Å². The Labute approximate surface area is 133 Å². The maximum absolute atomic E-state index is 13.3. The molecule has 2 rings (SSSR count). The maximum atomic E-state index is 13.3. The summed E-state index contributed by atoms with van der Waals surface area (Å²) in [6, 6.07) is 2.83. The Balaban J connectivity index is 2.59. The molecule has 1 atom stereocenters. The second kappa shape index (κ2) is 5.88. The van der Waals surface area contributed by atoms with Crippen molar-refractivity contribution in [2.45, 2.75) is 6.10 Å². The quantitative estimate of drug-likeness (QED) is 0.766. The van der Waals surface area contributed by atoms with Gasteiger partial charge in [-0.2, -0.15) is 0 Å². The first-order valence-corrected chi connectivity index (χ1v) is 7.56. The molecule has 1 aromatic carbocycles. The lowest BCUT2D eigenvalue weighted by molar-refractivity contribution is 0.0690. The van der Waals surface area contributed by atoms with E-state index in [1.54, 1.807) is 6.07 Å². The van der Waals surface area contributed by atoms with E-state index < -0.39 is 29.3 Å². The Bertz CT molecular complexity index is 688. The first kappa shape index (κ1) is 15.6. The number of carbonyl (C=O) groups is 1. The van der Waals surface area contributed by atoms with E-state index in [4.69, 9.17) is 5.11 Å². The molecule has 2 aromatic rings. The predicted molar refractivity (Wildman–Crippen MR) is 77.1 cm³/mol. The second-order valence-electron chi connectivity index (χ2n) is 3.84. The van der Waals surface area contributed by atoms with E-state index in [0.717, 1.165) is 0 Å². The Hall–Kier alpha value is -0.830. The number of rotatable bonds is 3. The number of carboxylic acids is 1. The van der Waals surface area contributed by atoms with E-state index in [1.807, 2.05) is 0 Å². The van der Waals surface area contributed by atoms with E-state index in [0.29, 0.717) is 25.3 Å². The van der Waals surface area contributed by atoms with Gasteiger partial charge in [-0.15, -0.1) is 11.3 Å². The summed E-state index contributed by atoms with van der Waals surface area (Å²) in [6.07, 6.45) is -1.38. The standard InChI is InChI=1S/C12H6Br2F2O3S/c13-9-3-6(11(14)20-9)10(17)4-1-7(15)8(16)2-5(4)12(18)19/h1-3,10,17H,(H,18,19). The first-order valence-electron chi connectivity index (χ1n) is 5.16. The summed E-state index contributed by atoms with van der Waals surface area (Å²) in [5, 5.41) is 19.3. The smallest absolute Gasteiger partial charge is 0.336 e. The zero-order chi connectivity index (χ0) is 15.0. The van der Waals surface area contributed by atoms with Gasteiger partial charge in [0.05, 0.1) is 13.1 Å². The van der Waals surface area contributed by atoms with E-state index in [9.17, 15) is 18.7 Å². The molecule has 1 aromatic heterocycles. The van der Waals surface area contributed by atoms with Gasteiger partial charge in [0.2, 0.25) is 0 Å². The second-order valence-corrected chi connectivity index (χ2v) is 7.59. The third-order valence-electron chi connectivity index (χ3n) is 2.60. The number of aliphatic hydroxyl groups excluding tert-OH is 1. The minimum Gasteiger partial charge on any atom is -0.478 e. The molecule has 2 N–H and O–H groups in total. The number of halogens is 4. The van der Waals surface area contributed by atoms with Gasteiger partial charge >= 0.3 is 5.97 Å². The molecular formula is C12H6Br2F2O3S. The minimum atomic E-state index is -1.44. The lowest BCUT2D eigenvalue weighted by atomic mass is 9.98. The Morgan fingerprint density at radius 2 is 1.75 bits per heavy atom. The number of carboxylic acid groups (broad SMARTS) is 1. The molecule has 1 heterocycles. The van der Waals surface area contributed by atoms with Crippen LogP contribution in [0.25, 0.3) is 0 Å². The van der Waals surface area contributed by atoms with E-state index in [1.165, 1.54) is 11.3 Å².